The van der Waals surface area contributed by atoms with Crippen molar-refractivity contribution >= 4 is 14.4 Å². The van der Waals surface area contributed by atoms with E-state index in [4.69, 9.17) is 15.6 Å². The number of hydrogen-bond donors (Lipinski definition) is 2. The van der Waals surface area contributed by atoms with Crippen LogP contribution in [0.3, 0.4) is 0 Å². The minimum atomic E-state index is -2.26. The fourth-order valence-electron chi connectivity index (χ4n) is 3.73. The third kappa shape index (κ3) is 6.60. The number of aliphatic hydroxyl groups is 1. The van der Waals surface area contributed by atoms with Crippen LogP contribution in [0.5, 0.6) is 0 Å². The van der Waals surface area contributed by atoms with E-state index >= 15 is 0 Å². The molecule has 0 spiro atoms. The molecule has 0 bridgehead atoms. The zero-order valence-electron chi connectivity index (χ0n) is 18.2. The topological polar surface area (TPSA) is 67.8 Å². The van der Waals surface area contributed by atoms with Crippen LogP contribution in [0.2, 0.25) is 16.6 Å². The summed E-state index contributed by atoms with van der Waals surface area (Å²) < 4.78 is 11.9. The Hall–Kier alpha value is -1.03. The van der Waals surface area contributed by atoms with Crippen molar-refractivity contribution in [3.05, 3.63) is 0 Å². The van der Waals surface area contributed by atoms with Crippen LogP contribution in [0.15, 0.2) is 0 Å². The lowest BCUT2D eigenvalue weighted by atomic mass is 10.1. The Morgan fingerprint density at radius 3 is 1.73 bits per heavy atom. The minimum Gasteiger partial charge on any atom is -0.444 e. The van der Waals surface area contributed by atoms with Crippen LogP contribution in [0.4, 0.5) is 4.79 Å². The Labute approximate surface area is 161 Å². The molecule has 0 aromatic carbocycles. The molecule has 0 aliphatic rings. The maximum atomic E-state index is 12.2. The van der Waals surface area contributed by atoms with Crippen molar-refractivity contribution < 1.29 is 19.1 Å². The molecule has 5 nitrogen and oxygen atoms in total. The summed E-state index contributed by atoms with van der Waals surface area (Å²) in [5, 5.41) is 13.0. The van der Waals surface area contributed by atoms with Gasteiger partial charge in [-0.25, -0.2) is 4.79 Å². The standard InChI is InChI=1S/C20H39NO4Si/c1-12-17(25-26(13(2)3,14(4)5)15(6)7)18(16(8)22)21-19(23)24-20(9,10)11/h1,13-18,22H,2-11H3,(H,21,23)/t16-,17-,18-/m1/s1. The first-order valence-electron chi connectivity index (χ1n) is 9.50. The van der Waals surface area contributed by atoms with E-state index < -0.39 is 38.3 Å². The van der Waals surface area contributed by atoms with E-state index in [9.17, 15) is 9.90 Å². The van der Waals surface area contributed by atoms with E-state index in [0.29, 0.717) is 16.6 Å². The van der Waals surface area contributed by atoms with E-state index in [1.807, 2.05) is 0 Å². The summed E-state index contributed by atoms with van der Waals surface area (Å²) in [4.78, 5) is 12.2. The van der Waals surface area contributed by atoms with Crippen LogP contribution >= 0.6 is 0 Å². The molecule has 0 aromatic rings. The monoisotopic (exact) mass is 385 g/mol. The highest BCUT2D eigenvalue weighted by atomic mass is 28.4. The number of nitrogens with one attached hydrogen (secondary N) is 1. The Bertz CT molecular complexity index is 467. The lowest BCUT2D eigenvalue weighted by molar-refractivity contribution is 0.0315. The van der Waals surface area contributed by atoms with Gasteiger partial charge in [-0.2, -0.15) is 0 Å². The summed E-state index contributed by atoms with van der Waals surface area (Å²) in [6, 6.07) is -0.738. The van der Waals surface area contributed by atoms with Crippen molar-refractivity contribution in [1.82, 2.24) is 5.32 Å². The molecule has 2 N–H and O–H groups in total. The highest BCUT2D eigenvalue weighted by molar-refractivity contribution is 6.77. The number of carbonyl (C=O) groups excluding carboxylic acids is 1. The van der Waals surface area contributed by atoms with Gasteiger partial charge in [-0.1, -0.05) is 47.5 Å². The number of carbonyl (C=O) groups is 1. The molecule has 0 unspecified atom stereocenters. The molecule has 0 fully saturated rings. The Morgan fingerprint density at radius 1 is 1.04 bits per heavy atom. The molecular weight excluding hydrogens is 346 g/mol. The van der Waals surface area contributed by atoms with Gasteiger partial charge in [-0.3, -0.25) is 0 Å². The molecule has 0 saturated heterocycles. The maximum absolute atomic E-state index is 12.2. The molecule has 0 heterocycles. The molecule has 0 aromatic heterocycles. The molecule has 0 aliphatic heterocycles. The van der Waals surface area contributed by atoms with Gasteiger partial charge >= 0.3 is 6.09 Å². The number of aliphatic hydroxyl groups excluding tert-OH is 1. The fourth-order valence-corrected chi connectivity index (χ4v) is 9.20. The van der Waals surface area contributed by atoms with Crippen LogP contribution < -0.4 is 5.32 Å². The normalized spacial score (nSPS) is 16.3. The van der Waals surface area contributed by atoms with E-state index in [0.717, 1.165) is 0 Å². The maximum Gasteiger partial charge on any atom is 0.408 e. The van der Waals surface area contributed by atoms with E-state index in [2.05, 4.69) is 52.8 Å². The zero-order chi connectivity index (χ0) is 20.9. The van der Waals surface area contributed by atoms with Crippen molar-refractivity contribution in [3.63, 3.8) is 0 Å². The van der Waals surface area contributed by atoms with Crippen LogP contribution in [-0.2, 0) is 9.16 Å². The van der Waals surface area contributed by atoms with E-state index in [-0.39, 0.29) is 0 Å². The molecular formula is C20H39NO4Si. The van der Waals surface area contributed by atoms with Gasteiger partial charge < -0.3 is 19.6 Å². The van der Waals surface area contributed by atoms with Gasteiger partial charge in [0.15, 0.2) is 0 Å². The first kappa shape index (κ1) is 25.0. The summed E-state index contributed by atoms with van der Waals surface area (Å²) in [5.41, 5.74) is 0.394. The molecule has 0 saturated carbocycles. The average molecular weight is 386 g/mol. The van der Waals surface area contributed by atoms with Crippen LogP contribution in [0, 0.1) is 12.3 Å². The first-order chi connectivity index (χ1) is 11.7. The Morgan fingerprint density at radius 2 is 1.46 bits per heavy atom. The first-order valence-corrected chi connectivity index (χ1v) is 11.6. The molecule has 0 aliphatic carbocycles. The predicted molar refractivity (Wildman–Crippen MR) is 110 cm³/mol. The van der Waals surface area contributed by atoms with Crippen LogP contribution in [0.1, 0.15) is 69.2 Å². The van der Waals surface area contributed by atoms with Crippen LogP contribution in [0.25, 0.3) is 0 Å². The van der Waals surface area contributed by atoms with E-state index in [1.54, 1.807) is 27.7 Å². The number of amides is 1. The predicted octanol–water partition coefficient (Wildman–Crippen LogP) is 4.45. The third-order valence-electron chi connectivity index (χ3n) is 4.73. The molecule has 6 heteroatoms. The molecule has 0 rings (SSSR count). The molecule has 1 amide bonds. The van der Waals surface area contributed by atoms with Crippen molar-refractivity contribution in [3.8, 4) is 12.3 Å². The van der Waals surface area contributed by atoms with Gasteiger partial charge in [0.1, 0.15) is 11.7 Å². The summed E-state index contributed by atoms with van der Waals surface area (Å²) in [6.07, 6.45) is 3.56. The number of terminal acetylenes is 1. The highest BCUT2D eigenvalue weighted by Crippen LogP contribution is 2.43. The van der Waals surface area contributed by atoms with Crippen LogP contribution in [-0.4, -0.2) is 43.4 Å². The lowest BCUT2D eigenvalue weighted by Gasteiger charge is -2.45. The van der Waals surface area contributed by atoms with Crippen molar-refractivity contribution in [1.29, 1.82) is 0 Å². The number of hydrogen-bond acceptors (Lipinski definition) is 4. The fraction of sp³-hybridized carbons (Fsp3) is 0.850. The van der Waals surface area contributed by atoms with Gasteiger partial charge in [-0.15, -0.1) is 6.42 Å². The summed E-state index contributed by atoms with van der Waals surface area (Å²) in [5.74, 6) is 2.65. The third-order valence-corrected chi connectivity index (χ3v) is 10.8. The minimum absolute atomic E-state index is 0.342. The highest BCUT2D eigenvalue weighted by Gasteiger charge is 2.48. The second-order valence-electron chi connectivity index (χ2n) is 8.94. The summed E-state index contributed by atoms with van der Waals surface area (Å²) >= 11 is 0. The molecule has 0 radical (unpaired) electrons. The van der Waals surface area contributed by atoms with Crippen molar-refractivity contribution in [2.75, 3.05) is 0 Å². The second-order valence-corrected chi connectivity index (χ2v) is 14.3. The largest absolute Gasteiger partial charge is 0.444 e. The second kappa shape index (κ2) is 9.77. The van der Waals surface area contributed by atoms with Crippen molar-refractivity contribution in [2.45, 2.75) is 110 Å². The number of ether oxygens (including phenoxy) is 1. The van der Waals surface area contributed by atoms with Crippen molar-refractivity contribution in [2.24, 2.45) is 0 Å². The summed E-state index contributed by atoms with van der Waals surface area (Å²) in [7, 11) is -2.26. The van der Waals surface area contributed by atoms with Gasteiger partial charge in [0.25, 0.3) is 0 Å². The zero-order valence-corrected chi connectivity index (χ0v) is 19.2. The number of rotatable bonds is 8. The number of alkyl carbamates (subject to hydrolysis) is 1. The molecule has 26 heavy (non-hydrogen) atoms. The average Bonchev–Trinajstić information content (AvgIpc) is 2.43. The summed E-state index contributed by atoms with van der Waals surface area (Å²) in [6.45, 7) is 19.9. The SMILES string of the molecule is C#C[C@@H](O[Si](C(C)C)(C(C)C)C(C)C)[C@H](NC(=O)OC(C)(C)C)[C@@H](C)O. The molecule has 3 atom stereocenters. The van der Waals surface area contributed by atoms with Gasteiger partial charge in [0.05, 0.1) is 12.1 Å². The Kier molecular flexibility index (Phi) is 9.38. The quantitative estimate of drug-likeness (QED) is 0.478. The van der Waals surface area contributed by atoms with E-state index in [1.165, 1.54) is 0 Å². The Balaban J connectivity index is 5.65. The van der Waals surface area contributed by atoms with Gasteiger partial charge in [-0.05, 0) is 44.3 Å². The van der Waals surface area contributed by atoms with Gasteiger partial charge in [0, 0.05) is 0 Å². The lowest BCUT2D eigenvalue weighted by Crippen LogP contribution is -2.57. The molecule has 152 valence electrons. The smallest absolute Gasteiger partial charge is 0.408 e. The van der Waals surface area contributed by atoms with Gasteiger partial charge in [0.2, 0.25) is 8.32 Å².